The van der Waals surface area contributed by atoms with Gasteiger partial charge >= 0.3 is 5.97 Å². The number of benzene rings is 2. The average molecular weight is 374 g/mol. The number of halogens is 2. The fourth-order valence-electron chi connectivity index (χ4n) is 3.90. The van der Waals surface area contributed by atoms with Gasteiger partial charge in [0, 0.05) is 16.5 Å². The molecule has 0 saturated heterocycles. The van der Waals surface area contributed by atoms with Gasteiger partial charge in [-0.05, 0) is 42.2 Å². The Kier molecular flexibility index (Phi) is 4.22. The van der Waals surface area contributed by atoms with Gasteiger partial charge in [0.2, 0.25) is 0 Å². The highest BCUT2D eigenvalue weighted by atomic mass is 35.5. The van der Waals surface area contributed by atoms with Crippen molar-refractivity contribution in [3.8, 4) is 0 Å². The van der Waals surface area contributed by atoms with Crippen LogP contribution in [0.2, 0.25) is 10.0 Å². The first kappa shape index (κ1) is 16.5. The third-order valence-electron chi connectivity index (χ3n) is 5.11. The quantitative estimate of drug-likeness (QED) is 0.549. The van der Waals surface area contributed by atoms with E-state index >= 15 is 0 Å². The Labute approximate surface area is 156 Å². The van der Waals surface area contributed by atoms with Crippen LogP contribution in [0.1, 0.15) is 39.9 Å². The number of anilines is 1. The number of rotatable bonds is 2. The molecule has 1 heterocycles. The maximum atomic E-state index is 11.6. The largest absolute Gasteiger partial charge is 0.465 e. The summed E-state index contributed by atoms with van der Waals surface area (Å²) in [6.45, 7) is 0. The van der Waals surface area contributed by atoms with Gasteiger partial charge in [0.05, 0.1) is 29.4 Å². The van der Waals surface area contributed by atoms with Crippen molar-refractivity contribution >= 4 is 34.9 Å². The van der Waals surface area contributed by atoms with Gasteiger partial charge in [-0.1, -0.05) is 47.5 Å². The Bertz CT molecular complexity index is 861. The first-order chi connectivity index (χ1) is 12.1. The summed E-state index contributed by atoms with van der Waals surface area (Å²) in [6, 6.07) is 11.3. The molecule has 128 valence electrons. The van der Waals surface area contributed by atoms with Gasteiger partial charge in [-0.25, -0.2) is 4.79 Å². The third-order valence-corrected chi connectivity index (χ3v) is 5.75. The maximum Gasteiger partial charge on any atom is 0.337 e. The van der Waals surface area contributed by atoms with Crippen LogP contribution < -0.4 is 5.32 Å². The first-order valence-corrected chi connectivity index (χ1v) is 8.95. The van der Waals surface area contributed by atoms with Crippen molar-refractivity contribution in [1.82, 2.24) is 0 Å². The molecule has 0 fully saturated rings. The summed E-state index contributed by atoms with van der Waals surface area (Å²) in [5.41, 5.74) is 3.65. The molecule has 3 nitrogen and oxygen atoms in total. The van der Waals surface area contributed by atoms with E-state index in [-0.39, 0.29) is 17.9 Å². The molecule has 4 rings (SSSR count). The number of methoxy groups -OCH3 is 1. The Balaban J connectivity index is 1.74. The van der Waals surface area contributed by atoms with Crippen LogP contribution in [0.5, 0.6) is 0 Å². The minimum Gasteiger partial charge on any atom is -0.465 e. The molecule has 0 saturated carbocycles. The zero-order valence-electron chi connectivity index (χ0n) is 13.6. The summed E-state index contributed by atoms with van der Waals surface area (Å²) in [7, 11) is 1.39. The molecule has 0 amide bonds. The zero-order chi connectivity index (χ0) is 17.6. The van der Waals surface area contributed by atoms with Gasteiger partial charge < -0.3 is 10.1 Å². The van der Waals surface area contributed by atoms with Crippen LogP contribution in [0, 0.1) is 5.92 Å². The maximum absolute atomic E-state index is 11.6. The van der Waals surface area contributed by atoms with E-state index in [1.165, 1.54) is 7.11 Å². The minimum atomic E-state index is -0.330. The molecule has 3 atom stereocenters. The van der Waals surface area contributed by atoms with Gasteiger partial charge in [0.25, 0.3) is 0 Å². The van der Waals surface area contributed by atoms with Gasteiger partial charge in [0.15, 0.2) is 0 Å². The lowest BCUT2D eigenvalue weighted by molar-refractivity contribution is 0.0600. The molecular weight excluding hydrogens is 357 g/mol. The summed E-state index contributed by atoms with van der Waals surface area (Å²) in [5, 5.41) is 5.00. The van der Waals surface area contributed by atoms with E-state index in [2.05, 4.69) is 17.5 Å². The van der Waals surface area contributed by atoms with Crippen molar-refractivity contribution in [2.75, 3.05) is 12.4 Å². The second-order valence-corrected chi connectivity index (χ2v) is 7.22. The predicted molar refractivity (Wildman–Crippen MR) is 101 cm³/mol. The molecule has 0 bridgehead atoms. The molecule has 1 aliphatic carbocycles. The number of carbonyl (C=O) groups is 1. The van der Waals surface area contributed by atoms with Crippen molar-refractivity contribution in [3.63, 3.8) is 0 Å². The van der Waals surface area contributed by atoms with Crippen molar-refractivity contribution in [2.45, 2.75) is 18.4 Å². The normalized spacial score (nSPS) is 23.6. The molecule has 2 aromatic carbocycles. The van der Waals surface area contributed by atoms with Crippen LogP contribution in [0.3, 0.4) is 0 Å². The molecule has 1 aliphatic heterocycles. The van der Waals surface area contributed by atoms with E-state index < -0.39 is 0 Å². The van der Waals surface area contributed by atoms with Gasteiger partial charge in [0.1, 0.15) is 0 Å². The van der Waals surface area contributed by atoms with Crippen molar-refractivity contribution in [2.24, 2.45) is 5.92 Å². The SMILES string of the molecule is COC(=O)c1ccc([C@@H]2Nc3c(Cl)ccc(Cl)c3[C@H]3C=CC[C@@H]32)cc1. The van der Waals surface area contributed by atoms with Crippen LogP contribution in [0.4, 0.5) is 5.69 Å². The molecule has 5 heteroatoms. The lowest BCUT2D eigenvalue weighted by Crippen LogP contribution is -2.29. The molecule has 0 unspecified atom stereocenters. The highest BCUT2D eigenvalue weighted by Crippen LogP contribution is 2.53. The fourth-order valence-corrected chi connectivity index (χ4v) is 4.41. The fraction of sp³-hybridized carbons (Fsp3) is 0.250. The van der Waals surface area contributed by atoms with Crippen molar-refractivity contribution < 1.29 is 9.53 Å². The molecule has 1 N–H and O–H groups in total. The molecule has 0 aromatic heterocycles. The second kappa shape index (κ2) is 6.40. The highest BCUT2D eigenvalue weighted by Gasteiger charge is 2.39. The van der Waals surface area contributed by atoms with E-state index in [9.17, 15) is 4.79 Å². The summed E-state index contributed by atoms with van der Waals surface area (Å²) in [6.07, 6.45) is 5.41. The number of nitrogens with one attached hydrogen (secondary N) is 1. The lowest BCUT2D eigenvalue weighted by atomic mass is 9.77. The Morgan fingerprint density at radius 3 is 2.56 bits per heavy atom. The summed E-state index contributed by atoms with van der Waals surface area (Å²) in [5.74, 6) is 0.281. The van der Waals surface area contributed by atoms with E-state index in [0.717, 1.165) is 28.3 Å². The zero-order valence-corrected chi connectivity index (χ0v) is 15.1. The number of hydrogen-bond donors (Lipinski definition) is 1. The van der Waals surface area contributed by atoms with Crippen molar-refractivity contribution in [1.29, 1.82) is 0 Å². The van der Waals surface area contributed by atoms with Crippen LogP contribution in [-0.4, -0.2) is 13.1 Å². The molecule has 25 heavy (non-hydrogen) atoms. The second-order valence-electron chi connectivity index (χ2n) is 6.41. The van der Waals surface area contributed by atoms with E-state index in [0.29, 0.717) is 16.5 Å². The Morgan fingerprint density at radius 1 is 1.12 bits per heavy atom. The number of carbonyl (C=O) groups excluding carboxylic acids is 1. The van der Waals surface area contributed by atoms with E-state index in [4.69, 9.17) is 27.9 Å². The van der Waals surface area contributed by atoms with E-state index in [1.54, 1.807) is 12.1 Å². The predicted octanol–water partition coefficient (Wildman–Crippen LogP) is 5.61. The highest BCUT2D eigenvalue weighted by molar-refractivity contribution is 6.36. The molecular formula is C20H17Cl2NO2. The van der Waals surface area contributed by atoms with Crippen molar-refractivity contribution in [3.05, 3.63) is 75.3 Å². The average Bonchev–Trinajstić information content (AvgIpc) is 3.13. The monoisotopic (exact) mass is 373 g/mol. The van der Waals surface area contributed by atoms with Gasteiger partial charge in [-0.2, -0.15) is 0 Å². The summed E-state index contributed by atoms with van der Waals surface area (Å²) in [4.78, 5) is 11.6. The molecule has 2 aromatic rings. The van der Waals surface area contributed by atoms with E-state index in [1.807, 2.05) is 24.3 Å². The third kappa shape index (κ3) is 2.72. The van der Waals surface area contributed by atoms with Crippen LogP contribution in [0.25, 0.3) is 0 Å². The Hall–Kier alpha value is -1.97. The number of fused-ring (bicyclic) bond motifs is 3. The smallest absolute Gasteiger partial charge is 0.337 e. The molecule has 0 radical (unpaired) electrons. The standard InChI is InChI=1S/C20H17Cl2NO2/c1-25-20(24)12-7-5-11(6-8-12)18-14-4-2-3-13(14)17-15(21)9-10-16(22)19(17)23-18/h2-3,5-10,13-14,18,23H,4H2,1H3/t13-,14-,18-/m0/s1. The van der Waals surface area contributed by atoms with Crippen LogP contribution >= 0.6 is 23.2 Å². The first-order valence-electron chi connectivity index (χ1n) is 8.19. The number of ether oxygens (including phenoxy) is 1. The molecule has 2 aliphatic rings. The molecule has 0 spiro atoms. The van der Waals surface area contributed by atoms with Gasteiger partial charge in [-0.15, -0.1) is 0 Å². The minimum absolute atomic E-state index is 0.107. The van der Waals surface area contributed by atoms with Crippen LogP contribution in [-0.2, 0) is 4.74 Å². The lowest BCUT2D eigenvalue weighted by Gasteiger charge is -2.38. The number of esters is 1. The topological polar surface area (TPSA) is 38.3 Å². The summed E-state index contributed by atoms with van der Waals surface area (Å²) < 4.78 is 4.77. The number of allylic oxidation sites excluding steroid dienone is 2. The van der Waals surface area contributed by atoms with Gasteiger partial charge in [-0.3, -0.25) is 0 Å². The summed E-state index contributed by atoms with van der Waals surface area (Å²) >= 11 is 12.9. The Morgan fingerprint density at radius 2 is 1.84 bits per heavy atom. The number of hydrogen-bond acceptors (Lipinski definition) is 3. The van der Waals surface area contributed by atoms with Crippen LogP contribution in [0.15, 0.2) is 48.6 Å².